The Morgan fingerprint density at radius 2 is 1.96 bits per heavy atom. The fourth-order valence-electron chi connectivity index (χ4n) is 2.96. The van der Waals surface area contributed by atoms with Crippen LogP contribution in [-0.4, -0.2) is 61.4 Å². The lowest BCUT2D eigenvalue weighted by Crippen LogP contribution is -2.48. The molecule has 1 aromatic rings. The smallest absolute Gasteiger partial charge is 0.249 e. The van der Waals surface area contributed by atoms with Crippen LogP contribution in [0, 0.1) is 0 Å². The number of piperidine rings is 1. The highest BCUT2D eigenvalue weighted by molar-refractivity contribution is 6.01. The Labute approximate surface area is 146 Å². The minimum absolute atomic E-state index is 0.0741. The minimum Gasteiger partial charge on any atom is -0.376 e. The van der Waals surface area contributed by atoms with E-state index in [4.69, 9.17) is 0 Å². The van der Waals surface area contributed by atoms with Crippen molar-refractivity contribution < 1.29 is 14.4 Å². The van der Waals surface area contributed by atoms with Crippen LogP contribution in [0.3, 0.4) is 0 Å². The molecule has 8 nitrogen and oxygen atoms in total. The molecule has 3 rings (SSSR count). The molecule has 0 saturated carbocycles. The van der Waals surface area contributed by atoms with Crippen molar-refractivity contribution in [2.75, 3.05) is 43.4 Å². The zero-order chi connectivity index (χ0) is 17.6. The molecule has 134 valence electrons. The van der Waals surface area contributed by atoms with Crippen LogP contribution >= 0.6 is 0 Å². The molecule has 2 saturated heterocycles. The van der Waals surface area contributed by atoms with Crippen molar-refractivity contribution in [3.05, 3.63) is 24.3 Å². The zero-order valence-electron chi connectivity index (χ0n) is 14.0. The number of hydrogen-bond donors (Lipinski definition) is 4. The number of nitrogens with one attached hydrogen (secondary N) is 4. The summed E-state index contributed by atoms with van der Waals surface area (Å²) in [6.07, 6.45) is 0.810. The van der Waals surface area contributed by atoms with E-state index in [0.29, 0.717) is 12.8 Å². The average Bonchev–Trinajstić information content (AvgIpc) is 2.63. The van der Waals surface area contributed by atoms with Crippen molar-refractivity contribution in [1.82, 2.24) is 15.5 Å². The summed E-state index contributed by atoms with van der Waals surface area (Å²) in [4.78, 5) is 37.0. The Bertz CT molecular complexity index is 657. The quantitative estimate of drug-likeness (QED) is 0.549. The topological polar surface area (TPSA) is 103 Å². The number of piperazine rings is 1. The minimum atomic E-state index is -0.421. The van der Waals surface area contributed by atoms with E-state index >= 15 is 0 Å². The van der Waals surface area contributed by atoms with E-state index in [1.54, 1.807) is 0 Å². The molecule has 0 radical (unpaired) electrons. The molecule has 2 heterocycles. The van der Waals surface area contributed by atoms with Crippen molar-refractivity contribution >= 4 is 29.1 Å². The van der Waals surface area contributed by atoms with Crippen LogP contribution in [0.1, 0.15) is 12.8 Å². The second-order valence-corrected chi connectivity index (χ2v) is 6.21. The summed E-state index contributed by atoms with van der Waals surface area (Å²) in [5.41, 5.74) is 1.58. The Balaban J connectivity index is 1.53. The molecule has 2 fully saturated rings. The van der Waals surface area contributed by atoms with Crippen molar-refractivity contribution in [3.8, 4) is 0 Å². The highest BCUT2D eigenvalue weighted by Gasteiger charge is 2.26. The summed E-state index contributed by atoms with van der Waals surface area (Å²) in [5.74, 6) is -0.460. The first-order valence-electron chi connectivity index (χ1n) is 8.54. The predicted molar refractivity (Wildman–Crippen MR) is 94.2 cm³/mol. The van der Waals surface area contributed by atoms with Gasteiger partial charge in [-0.3, -0.25) is 19.7 Å². The molecular formula is C17H23N5O3. The highest BCUT2D eigenvalue weighted by Crippen LogP contribution is 2.18. The van der Waals surface area contributed by atoms with Crippen molar-refractivity contribution in [2.45, 2.75) is 18.9 Å². The third-order valence-corrected chi connectivity index (χ3v) is 4.36. The molecule has 0 spiro atoms. The average molecular weight is 345 g/mol. The maximum absolute atomic E-state index is 12.2. The number of hydrogen-bond acceptors (Lipinski definition) is 6. The lowest BCUT2D eigenvalue weighted by Gasteiger charge is -2.27. The molecule has 2 aliphatic rings. The van der Waals surface area contributed by atoms with Crippen molar-refractivity contribution in [1.29, 1.82) is 0 Å². The van der Waals surface area contributed by atoms with Gasteiger partial charge in [0.1, 0.15) is 6.04 Å². The van der Waals surface area contributed by atoms with E-state index in [1.807, 2.05) is 29.2 Å². The summed E-state index contributed by atoms with van der Waals surface area (Å²) < 4.78 is 0. The Kier molecular flexibility index (Phi) is 5.49. The molecule has 0 bridgehead atoms. The molecule has 1 atom stereocenters. The second-order valence-electron chi connectivity index (χ2n) is 6.21. The number of carbonyl (C=O) groups excluding carboxylic acids is 3. The van der Waals surface area contributed by atoms with Gasteiger partial charge in [0, 0.05) is 44.0 Å². The summed E-state index contributed by atoms with van der Waals surface area (Å²) >= 11 is 0. The van der Waals surface area contributed by atoms with E-state index in [-0.39, 0.29) is 24.3 Å². The van der Waals surface area contributed by atoms with Gasteiger partial charge in [0.05, 0.1) is 6.54 Å². The molecule has 1 aromatic carbocycles. The first-order valence-corrected chi connectivity index (χ1v) is 8.54. The molecule has 1 unspecified atom stereocenters. The zero-order valence-corrected chi connectivity index (χ0v) is 14.0. The summed E-state index contributed by atoms with van der Waals surface area (Å²) in [6, 6.07) is 7.02. The summed E-state index contributed by atoms with van der Waals surface area (Å²) in [7, 11) is 0. The van der Waals surface area contributed by atoms with Crippen LogP contribution in [0.15, 0.2) is 24.3 Å². The maximum atomic E-state index is 12.2. The molecular weight excluding hydrogens is 322 g/mol. The Hall–Kier alpha value is -2.61. The second kappa shape index (κ2) is 7.98. The van der Waals surface area contributed by atoms with Gasteiger partial charge in [-0.2, -0.15) is 0 Å². The molecule has 3 amide bonds. The molecule has 4 N–H and O–H groups in total. The van der Waals surface area contributed by atoms with Gasteiger partial charge in [0.15, 0.2) is 0 Å². The van der Waals surface area contributed by atoms with Crippen LogP contribution in [0.2, 0.25) is 0 Å². The van der Waals surface area contributed by atoms with Gasteiger partial charge < -0.3 is 20.9 Å². The van der Waals surface area contributed by atoms with E-state index in [1.165, 1.54) is 0 Å². The van der Waals surface area contributed by atoms with Crippen LogP contribution in [0.25, 0.3) is 0 Å². The van der Waals surface area contributed by atoms with E-state index in [2.05, 4.69) is 21.3 Å². The van der Waals surface area contributed by atoms with Gasteiger partial charge in [-0.25, -0.2) is 0 Å². The number of imide groups is 1. The standard InChI is InChI=1S/C17H23N5O3/c23-15-5-4-14(17(25)21-15)20-13-3-1-2-12(10-13)19-11-16(24)22-8-6-18-7-9-22/h1-3,10,14,18-20H,4-9,11H2,(H,21,23,25). The lowest BCUT2D eigenvalue weighted by atomic mass is 10.1. The number of benzene rings is 1. The van der Waals surface area contributed by atoms with Crippen molar-refractivity contribution in [2.24, 2.45) is 0 Å². The van der Waals surface area contributed by atoms with Gasteiger partial charge in [-0.05, 0) is 24.6 Å². The number of nitrogens with zero attached hydrogens (tertiary/aromatic N) is 1. The van der Waals surface area contributed by atoms with Gasteiger partial charge in [0.2, 0.25) is 17.7 Å². The third kappa shape index (κ3) is 4.69. The lowest BCUT2D eigenvalue weighted by molar-refractivity contribution is -0.133. The van der Waals surface area contributed by atoms with Crippen LogP contribution in [-0.2, 0) is 14.4 Å². The SMILES string of the molecule is O=C1CCC(Nc2cccc(NCC(=O)N3CCNCC3)c2)C(=O)N1. The third-order valence-electron chi connectivity index (χ3n) is 4.36. The summed E-state index contributed by atoms with van der Waals surface area (Å²) in [5, 5.41) is 11.8. The van der Waals surface area contributed by atoms with Crippen LogP contribution in [0.5, 0.6) is 0 Å². The van der Waals surface area contributed by atoms with Gasteiger partial charge in [-0.1, -0.05) is 6.07 Å². The Morgan fingerprint density at radius 3 is 2.72 bits per heavy atom. The first kappa shape index (κ1) is 17.2. The number of amides is 3. The van der Waals surface area contributed by atoms with Crippen LogP contribution in [0.4, 0.5) is 11.4 Å². The number of carbonyl (C=O) groups is 3. The molecule has 25 heavy (non-hydrogen) atoms. The number of rotatable bonds is 5. The van der Waals surface area contributed by atoms with Crippen LogP contribution < -0.4 is 21.3 Å². The molecule has 0 aromatic heterocycles. The monoisotopic (exact) mass is 345 g/mol. The van der Waals surface area contributed by atoms with Gasteiger partial charge >= 0.3 is 0 Å². The Morgan fingerprint density at radius 1 is 1.20 bits per heavy atom. The fraction of sp³-hybridized carbons (Fsp3) is 0.471. The van der Waals surface area contributed by atoms with Gasteiger partial charge in [-0.15, -0.1) is 0 Å². The highest BCUT2D eigenvalue weighted by atomic mass is 16.2. The predicted octanol–water partition coefficient (Wildman–Crippen LogP) is -0.253. The van der Waals surface area contributed by atoms with E-state index < -0.39 is 6.04 Å². The number of anilines is 2. The maximum Gasteiger partial charge on any atom is 0.249 e. The molecule has 8 heteroatoms. The van der Waals surface area contributed by atoms with E-state index in [9.17, 15) is 14.4 Å². The van der Waals surface area contributed by atoms with E-state index in [0.717, 1.165) is 37.6 Å². The summed E-state index contributed by atoms with van der Waals surface area (Å²) in [6.45, 7) is 3.37. The largest absolute Gasteiger partial charge is 0.376 e. The molecule has 2 aliphatic heterocycles. The fourth-order valence-corrected chi connectivity index (χ4v) is 2.96. The normalized spacial score (nSPS) is 20.8. The molecule has 0 aliphatic carbocycles. The van der Waals surface area contributed by atoms with Crippen molar-refractivity contribution in [3.63, 3.8) is 0 Å². The van der Waals surface area contributed by atoms with Gasteiger partial charge in [0.25, 0.3) is 0 Å². The first-order chi connectivity index (χ1) is 12.1.